The minimum absolute atomic E-state index is 0.269. The molecule has 1 unspecified atom stereocenters. The molecule has 0 fully saturated rings. The number of fused-ring (bicyclic) bond motifs is 2. The molecule has 0 saturated heterocycles. The van der Waals surface area contributed by atoms with Crippen molar-refractivity contribution in [2.24, 2.45) is 5.92 Å². The van der Waals surface area contributed by atoms with Gasteiger partial charge >= 0.3 is 5.97 Å². The molecule has 0 radical (unpaired) electrons. The molecule has 154 valence electrons. The summed E-state index contributed by atoms with van der Waals surface area (Å²) in [4.78, 5) is 53.5. The van der Waals surface area contributed by atoms with Crippen LogP contribution in [0, 0.1) is 5.92 Å². The Morgan fingerprint density at radius 1 is 0.967 bits per heavy atom. The second-order valence-electron chi connectivity index (χ2n) is 7.75. The van der Waals surface area contributed by atoms with E-state index in [1.807, 2.05) is 24.3 Å². The summed E-state index contributed by atoms with van der Waals surface area (Å²) >= 11 is 0. The first-order valence-electron chi connectivity index (χ1n) is 9.92. The number of benzene rings is 2. The number of hydrogen-bond acceptors (Lipinski definition) is 5. The highest BCUT2D eigenvalue weighted by Crippen LogP contribution is 2.29. The minimum Gasteiger partial charge on any atom is -0.454 e. The lowest BCUT2D eigenvalue weighted by molar-refractivity contribution is -0.153. The van der Waals surface area contributed by atoms with Crippen LogP contribution in [0.25, 0.3) is 0 Å². The number of para-hydroxylation sites is 1. The molecule has 0 aromatic heterocycles. The van der Waals surface area contributed by atoms with Crippen molar-refractivity contribution < 1.29 is 23.9 Å². The Balaban J connectivity index is 1.47. The number of carbonyl (C=O) groups is 4. The molecule has 0 bridgehead atoms. The Kier molecular flexibility index (Phi) is 5.11. The van der Waals surface area contributed by atoms with Crippen molar-refractivity contribution in [3.05, 3.63) is 65.2 Å². The molecular weight excluding hydrogens is 384 g/mol. The van der Waals surface area contributed by atoms with E-state index in [0.29, 0.717) is 6.54 Å². The van der Waals surface area contributed by atoms with Crippen LogP contribution in [0.15, 0.2) is 48.5 Å². The first kappa shape index (κ1) is 19.8. The van der Waals surface area contributed by atoms with Crippen LogP contribution in [0.5, 0.6) is 0 Å². The van der Waals surface area contributed by atoms with E-state index < -0.39 is 30.4 Å². The van der Waals surface area contributed by atoms with Gasteiger partial charge in [-0.3, -0.25) is 19.3 Å². The molecule has 2 aromatic carbocycles. The van der Waals surface area contributed by atoms with Crippen LogP contribution < -0.4 is 4.90 Å². The number of hydrogen-bond donors (Lipinski definition) is 0. The van der Waals surface area contributed by atoms with Crippen molar-refractivity contribution >= 4 is 29.4 Å². The standard InChI is InChI=1S/C23H22N2O5/c1-14(2)20(25-21(27)16-8-4-5-9-17(16)22(25)28)23(29)30-13-19(26)24-12-11-15-7-3-6-10-18(15)24/h3-10,14,20H,11-13H2,1-2H3. The SMILES string of the molecule is CC(C)C(C(=O)OCC(=O)N1CCc2ccccc21)N1C(=O)c2ccccc2C1=O. The predicted molar refractivity (Wildman–Crippen MR) is 109 cm³/mol. The zero-order valence-electron chi connectivity index (χ0n) is 16.8. The third-order valence-electron chi connectivity index (χ3n) is 5.50. The Morgan fingerprint density at radius 3 is 2.20 bits per heavy atom. The quantitative estimate of drug-likeness (QED) is 0.563. The fourth-order valence-electron chi connectivity index (χ4n) is 4.03. The number of ether oxygens (including phenoxy) is 1. The highest BCUT2D eigenvalue weighted by atomic mass is 16.5. The zero-order chi connectivity index (χ0) is 21.4. The van der Waals surface area contributed by atoms with Crippen molar-refractivity contribution in [3.63, 3.8) is 0 Å². The van der Waals surface area contributed by atoms with Gasteiger partial charge in [-0.2, -0.15) is 0 Å². The average Bonchev–Trinajstić information content (AvgIpc) is 3.28. The Morgan fingerprint density at radius 2 is 1.57 bits per heavy atom. The molecule has 2 aromatic rings. The zero-order valence-corrected chi connectivity index (χ0v) is 16.8. The summed E-state index contributed by atoms with van der Waals surface area (Å²) in [6.45, 7) is 3.54. The summed E-state index contributed by atoms with van der Waals surface area (Å²) in [5.41, 5.74) is 2.43. The highest BCUT2D eigenvalue weighted by molar-refractivity contribution is 6.22. The molecule has 1 atom stereocenters. The average molecular weight is 406 g/mol. The Labute approximate surface area is 174 Å². The smallest absolute Gasteiger partial charge is 0.330 e. The topological polar surface area (TPSA) is 84.0 Å². The summed E-state index contributed by atoms with van der Waals surface area (Å²) in [5.74, 6) is -2.52. The van der Waals surface area contributed by atoms with Gasteiger partial charge in [-0.15, -0.1) is 0 Å². The summed E-state index contributed by atoms with van der Waals surface area (Å²) < 4.78 is 5.29. The number of anilines is 1. The van der Waals surface area contributed by atoms with Gasteiger partial charge in [0, 0.05) is 12.2 Å². The van der Waals surface area contributed by atoms with Gasteiger partial charge < -0.3 is 9.64 Å². The molecule has 2 heterocycles. The van der Waals surface area contributed by atoms with Crippen LogP contribution in [0.4, 0.5) is 5.69 Å². The Bertz CT molecular complexity index is 1010. The maximum atomic E-state index is 12.8. The predicted octanol–water partition coefficient (Wildman–Crippen LogP) is 2.44. The van der Waals surface area contributed by atoms with Crippen molar-refractivity contribution in [2.45, 2.75) is 26.3 Å². The first-order chi connectivity index (χ1) is 14.4. The van der Waals surface area contributed by atoms with Gasteiger partial charge in [0.2, 0.25) is 0 Å². The molecule has 3 amide bonds. The lowest BCUT2D eigenvalue weighted by Crippen LogP contribution is -2.49. The van der Waals surface area contributed by atoms with Crippen LogP contribution in [0.3, 0.4) is 0 Å². The third-order valence-corrected chi connectivity index (χ3v) is 5.50. The monoisotopic (exact) mass is 406 g/mol. The van der Waals surface area contributed by atoms with E-state index in [4.69, 9.17) is 4.74 Å². The minimum atomic E-state index is -1.10. The molecular formula is C23H22N2O5. The van der Waals surface area contributed by atoms with E-state index in [0.717, 1.165) is 22.6 Å². The van der Waals surface area contributed by atoms with Gasteiger partial charge in [-0.25, -0.2) is 4.79 Å². The van der Waals surface area contributed by atoms with Gasteiger partial charge in [-0.1, -0.05) is 44.2 Å². The number of esters is 1. The summed E-state index contributed by atoms with van der Waals surface area (Å²) in [6, 6.07) is 13.0. The van der Waals surface area contributed by atoms with Gasteiger partial charge in [0.05, 0.1) is 11.1 Å². The summed E-state index contributed by atoms with van der Waals surface area (Å²) in [5, 5.41) is 0. The van der Waals surface area contributed by atoms with Gasteiger partial charge in [0.25, 0.3) is 17.7 Å². The van der Waals surface area contributed by atoms with E-state index in [-0.39, 0.29) is 23.0 Å². The van der Waals surface area contributed by atoms with Crippen LogP contribution in [0.1, 0.15) is 40.1 Å². The van der Waals surface area contributed by atoms with Crippen LogP contribution in [0.2, 0.25) is 0 Å². The number of carbonyl (C=O) groups excluding carboxylic acids is 4. The fourth-order valence-corrected chi connectivity index (χ4v) is 4.03. The first-order valence-corrected chi connectivity index (χ1v) is 9.92. The number of rotatable bonds is 5. The third kappa shape index (κ3) is 3.26. The lowest BCUT2D eigenvalue weighted by atomic mass is 10.0. The van der Waals surface area contributed by atoms with E-state index >= 15 is 0 Å². The van der Waals surface area contributed by atoms with Crippen molar-refractivity contribution in [1.29, 1.82) is 0 Å². The van der Waals surface area contributed by atoms with Gasteiger partial charge in [0.15, 0.2) is 6.61 Å². The van der Waals surface area contributed by atoms with E-state index in [9.17, 15) is 19.2 Å². The van der Waals surface area contributed by atoms with Crippen molar-refractivity contribution in [1.82, 2.24) is 4.90 Å². The molecule has 2 aliphatic heterocycles. The van der Waals surface area contributed by atoms with Crippen LogP contribution in [-0.2, 0) is 20.7 Å². The van der Waals surface area contributed by atoms with E-state index in [2.05, 4.69) is 0 Å². The van der Waals surface area contributed by atoms with Crippen LogP contribution >= 0.6 is 0 Å². The second kappa shape index (κ2) is 7.74. The normalized spacial score (nSPS) is 16.0. The molecule has 7 nitrogen and oxygen atoms in total. The molecule has 30 heavy (non-hydrogen) atoms. The molecule has 0 spiro atoms. The van der Waals surface area contributed by atoms with Gasteiger partial charge in [0.1, 0.15) is 6.04 Å². The number of amides is 3. The molecule has 0 saturated carbocycles. The maximum absolute atomic E-state index is 12.8. The molecule has 0 N–H and O–H groups in total. The largest absolute Gasteiger partial charge is 0.454 e. The second-order valence-corrected chi connectivity index (χ2v) is 7.75. The van der Waals surface area contributed by atoms with Crippen LogP contribution in [-0.4, -0.2) is 47.8 Å². The van der Waals surface area contributed by atoms with Crippen molar-refractivity contribution in [3.8, 4) is 0 Å². The molecule has 2 aliphatic rings. The molecule has 4 rings (SSSR count). The summed E-state index contributed by atoms with van der Waals surface area (Å²) in [6.07, 6.45) is 0.750. The molecule has 7 heteroatoms. The number of nitrogens with zero attached hydrogens (tertiary/aromatic N) is 2. The highest BCUT2D eigenvalue weighted by Gasteiger charge is 2.44. The number of imide groups is 1. The van der Waals surface area contributed by atoms with Gasteiger partial charge in [-0.05, 0) is 36.1 Å². The summed E-state index contributed by atoms with van der Waals surface area (Å²) in [7, 11) is 0. The molecule has 0 aliphatic carbocycles. The van der Waals surface area contributed by atoms with E-state index in [1.54, 1.807) is 43.0 Å². The fraction of sp³-hybridized carbons (Fsp3) is 0.304. The maximum Gasteiger partial charge on any atom is 0.330 e. The Hall–Kier alpha value is -3.48. The van der Waals surface area contributed by atoms with Crippen molar-refractivity contribution in [2.75, 3.05) is 18.1 Å². The van der Waals surface area contributed by atoms with E-state index in [1.165, 1.54) is 0 Å². The lowest BCUT2D eigenvalue weighted by Gasteiger charge is -2.27.